The van der Waals surface area contributed by atoms with Crippen molar-refractivity contribution >= 4 is 30.2 Å². The van der Waals surface area contributed by atoms with E-state index >= 15 is 0 Å². The lowest BCUT2D eigenvalue weighted by Crippen LogP contribution is -2.58. The molecular weight excluding hydrogens is 382 g/mol. The van der Waals surface area contributed by atoms with Crippen molar-refractivity contribution in [1.82, 2.24) is 10.6 Å². The number of ether oxygens (including phenoxy) is 1. The Morgan fingerprint density at radius 3 is 2.11 bits per heavy atom. The predicted molar refractivity (Wildman–Crippen MR) is 111 cm³/mol. The van der Waals surface area contributed by atoms with Crippen LogP contribution in [0.15, 0.2) is 30.3 Å². The van der Waals surface area contributed by atoms with Crippen LogP contribution < -0.4 is 16.4 Å². The number of esters is 1. The molecule has 0 spiro atoms. The average Bonchev–Trinajstić information content (AvgIpc) is 2.59. The van der Waals surface area contributed by atoms with E-state index in [0.717, 1.165) is 5.56 Å². The summed E-state index contributed by atoms with van der Waals surface area (Å²) >= 11 is 0. The third-order valence-corrected chi connectivity index (χ3v) is 4.00. The second kappa shape index (κ2) is 11.7. The number of hydrogen-bond donors (Lipinski definition) is 3. The van der Waals surface area contributed by atoms with Gasteiger partial charge in [0.2, 0.25) is 11.8 Å². The molecule has 158 valence electrons. The number of halogens is 1. The zero-order chi connectivity index (χ0) is 20.6. The Kier molecular flexibility index (Phi) is 10.8. The number of amides is 2. The molecule has 0 radical (unpaired) electrons. The van der Waals surface area contributed by atoms with E-state index in [0.29, 0.717) is 6.42 Å². The molecule has 0 aliphatic rings. The summed E-state index contributed by atoms with van der Waals surface area (Å²) in [5.41, 5.74) is 5.59. The minimum Gasteiger partial charge on any atom is -0.467 e. The van der Waals surface area contributed by atoms with Gasteiger partial charge in [0.15, 0.2) is 0 Å². The quantitative estimate of drug-likeness (QED) is 0.532. The van der Waals surface area contributed by atoms with E-state index in [-0.39, 0.29) is 24.7 Å². The second-order valence-corrected chi connectivity index (χ2v) is 7.65. The Balaban J connectivity index is 0.00000729. The Labute approximate surface area is 173 Å². The molecule has 2 atom stereocenters. The first-order valence-corrected chi connectivity index (χ1v) is 9.06. The van der Waals surface area contributed by atoms with Crippen molar-refractivity contribution in [3.05, 3.63) is 35.9 Å². The highest BCUT2D eigenvalue weighted by molar-refractivity contribution is 5.93. The van der Waals surface area contributed by atoms with Gasteiger partial charge in [-0.2, -0.15) is 0 Å². The smallest absolute Gasteiger partial charge is 0.328 e. The molecule has 1 aromatic carbocycles. The van der Waals surface area contributed by atoms with Crippen LogP contribution >= 0.6 is 12.4 Å². The Morgan fingerprint density at radius 1 is 1.07 bits per heavy atom. The molecule has 0 heterocycles. The first-order valence-electron chi connectivity index (χ1n) is 9.06. The van der Waals surface area contributed by atoms with Crippen LogP contribution in [0.1, 0.15) is 39.7 Å². The van der Waals surface area contributed by atoms with Gasteiger partial charge in [0.1, 0.15) is 12.1 Å². The summed E-state index contributed by atoms with van der Waals surface area (Å²) in [6, 6.07) is 7.68. The van der Waals surface area contributed by atoms with E-state index in [1.165, 1.54) is 7.11 Å². The monoisotopic (exact) mass is 413 g/mol. The number of rotatable bonds is 9. The topological polar surface area (TPSA) is 111 Å². The van der Waals surface area contributed by atoms with E-state index in [9.17, 15) is 14.4 Å². The number of nitrogens with two attached hydrogens (primary N) is 1. The Hall–Kier alpha value is -2.12. The van der Waals surface area contributed by atoms with Gasteiger partial charge < -0.3 is 21.1 Å². The number of nitrogens with one attached hydrogen (secondary N) is 2. The number of hydrogen-bond acceptors (Lipinski definition) is 5. The summed E-state index contributed by atoms with van der Waals surface area (Å²) in [4.78, 5) is 37.2. The summed E-state index contributed by atoms with van der Waals surface area (Å²) in [6.45, 7) is 7.02. The SMILES string of the molecule is COC(=O)[C@H](CC(C)C)NC(=O)[C@H](Cc1ccccc1)NC(=O)C(C)(C)N.Cl. The van der Waals surface area contributed by atoms with Gasteiger partial charge in [0.25, 0.3) is 0 Å². The molecule has 0 saturated carbocycles. The van der Waals surface area contributed by atoms with Crippen molar-refractivity contribution in [1.29, 1.82) is 0 Å². The molecule has 8 heteroatoms. The maximum Gasteiger partial charge on any atom is 0.328 e. The van der Waals surface area contributed by atoms with E-state index in [1.807, 2.05) is 44.2 Å². The summed E-state index contributed by atoms with van der Waals surface area (Å²) in [7, 11) is 1.28. The van der Waals surface area contributed by atoms with Crippen molar-refractivity contribution in [2.45, 2.75) is 58.2 Å². The minimum atomic E-state index is -1.13. The van der Waals surface area contributed by atoms with Crippen LogP contribution in [-0.4, -0.2) is 42.5 Å². The van der Waals surface area contributed by atoms with Crippen LogP contribution in [0.5, 0.6) is 0 Å². The fraction of sp³-hybridized carbons (Fsp3) is 0.550. The molecule has 0 unspecified atom stereocenters. The van der Waals surface area contributed by atoms with Crippen molar-refractivity contribution in [2.75, 3.05) is 7.11 Å². The Bertz CT molecular complexity index is 645. The maximum atomic E-state index is 12.8. The third kappa shape index (κ3) is 8.71. The molecule has 0 aliphatic carbocycles. The molecule has 0 saturated heterocycles. The molecule has 7 nitrogen and oxygen atoms in total. The van der Waals surface area contributed by atoms with Crippen LogP contribution in [0.2, 0.25) is 0 Å². The van der Waals surface area contributed by atoms with E-state index in [4.69, 9.17) is 10.5 Å². The highest BCUT2D eigenvalue weighted by atomic mass is 35.5. The molecule has 0 fully saturated rings. The summed E-state index contributed by atoms with van der Waals surface area (Å²) in [5, 5.41) is 5.40. The fourth-order valence-electron chi connectivity index (χ4n) is 2.50. The van der Waals surface area contributed by atoms with Crippen LogP contribution in [-0.2, 0) is 25.5 Å². The lowest BCUT2D eigenvalue weighted by Gasteiger charge is -2.26. The van der Waals surface area contributed by atoms with Gasteiger partial charge in [-0.05, 0) is 31.7 Å². The molecule has 0 aromatic heterocycles. The highest BCUT2D eigenvalue weighted by Gasteiger charge is 2.31. The van der Waals surface area contributed by atoms with Gasteiger partial charge in [0, 0.05) is 6.42 Å². The zero-order valence-corrected chi connectivity index (χ0v) is 18.0. The van der Waals surface area contributed by atoms with Crippen LogP contribution in [0, 0.1) is 5.92 Å². The molecule has 1 rings (SSSR count). The minimum absolute atomic E-state index is 0. The van der Waals surface area contributed by atoms with E-state index in [1.54, 1.807) is 13.8 Å². The van der Waals surface area contributed by atoms with Crippen molar-refractivity contribution in [3.8, 4) is 0 Å². The first-order chi connectivity index (χ1) is 12.5. The van der Waals surface area contributed by atoms with Crippen molar-refractivity contribution < 1.29 is 19.1 Å². The Morgan fingerprint density at radius 2 is 1.64 bits per heavy atom. The largest absolute Gasteiger partial charge is 0.467 e. The summed E-state index contributed by atoms with van der Waals surface area (Å²) in [5.74, 6) is -1.23. The molecule has 1 aromatic rings. The number of benzene rings is 1. The summed E-state index contributed by atoms with van der Waals surface area (Å²) < 4.78 is 4.79. The third-order valence-electron chi connectivity index (χ3n) is 4.00. The van der Waals surface area contributed by atoms with Gasteiger partial charge in [0.05, 0.1) is 12.6 Å². The second-order valence-electron chi connectivity index (χ2n) is 7.65. The molecule has 28 heavy (non-hydrogen) atoms. The average molecular weight is 414 g/mol. The van der Waals surface area contributed by atoms with Gasteiger partial charge in [-0.3, -0.25) is 9.59 Å². The fourth-order valence-corrected chi connectivity index (χ4v) is 2.50. The van der Waals surface area contributed by atoms with Gasteiger partial charge in [-0.1, -0.05) is 44.2 Å². The molecule has 0 aliphatic heterocycles. The van der Waals surface area contributed by atoms with Crippen LogP contribution in [0.3, 0.4) is 0 Å². The standard InChI is InChI=1S/C20H31N3O4.ClH/c1-13(2)11-16(18(25)27-5)22-17(24)15(23-19(26)20(3,4)21)12-14-9-7-6-8-10-14;/h6-10,13,15-16H,11-12,21H2,1-5H3,(H,22,24)(H,23,26);1H/t15-,16-;/m0./s1. The normalized spacial score (nSPS) is 13.1. The van der Waals surface area contributed by atoms with Gasteiger partial charge in [-0.15, -0.1) is 12.4 Å². The number of methoxy groups -OCH3 is 1. The van der Waals surface area contributed by atoms with Crippen molar-refractivity contribution in [2.24, 2.45) is 11.7 Å². The number of carbonyl (C=O) groups excluding carboxylic acids is 3. The zero-order valence-electron chi connectivity index (χ0n) is 17.2. The van der Waals surface area contributed by atoms with Crippen LogP contribution in [0.4, 0.5) is 0 Å². The number of carbonyl (C=O) groups is 3. The lowest BCUT2D eigenvalue weighted by molar-refractivity contribution is -0.145. The predicted octanol–water partition coefficient (Wildman–Crippen LogP) is 1.58. The lowest BCUT2D eigenvalue weighted by atomic mass is 10.00. The van der Waals surface area contributed by atoms with Crippen molar-refractivity contribution in [3.63, 3.8) is 0 Å². The first kappa shape index (κ1) is 25.9. The maximum absolute atomic E-state index is 12.8. The van der Waals surface area contributed by atoms with Crippen LogP contribution in [0.25, 0.3) is 0 Å². The molecule has 2 amide bonds. The molecule has 0 bridgehead atoms. The summed E-state index contributed by atoms with van der Waals surface area (Å²) in [6.07, 6.45) is 0.719. The molecule has 4 N–H and O–H groups in total. The van der Waals surface area contributed by atoms with E-state index < -0.39 is 35.4 Å². The molecular formula is C20H32ClN3O4. The van der Waals surface area contributed by atoms with Gasteiger partial charge >= 0.3 is 5.97 Å². The van der Waals surface area contributed by atoms with E-state index in [2.05, 4.69) is 10.6 Å². The highest BCUT2D eigenvalue weighted by Crippen LogP contribution is 2.09. The van der Waals surface area contributed by atoms with Gasteiger partial charge in [-0.25, -0.2) is 4.79 Å².